The molecule has 2 saturated carbocycles. The summed E-state index contributed by atoms with van der Waals surface area (Å²) in [5, 5.41) is 0. The number of benzene rings is 1. The molecule has 0 bridgehead atoms. The normalized spacial score (nSPS) is 25.7. The van der Waals surface area contributed by atoms with Crippen LogP contribution in [0.5, 0.6) is 5.75 Å². The van der Waals surface area contributed by atoms with Crippen molar-refractivity contribution >= 4 is 0 Å². The monoisotopic (exact) mass is 456 g/mol. The third-order valence-electron chi connectivity index (χ3n) is 7.80. The Kier molecular flexibility index (Phi) is 11.3. The number of alkyl halides is 2. The minimum Gasteiger partial charge on any atom is -0.435 e. The average Bonchev–Trinajstić information content (AvgIpc) is 2.83. The fourth-order valence-electron chi connectivity index (χ4n) is 5.66. The molecule has 0 heterocycles. The van der Waals surface area contributed by atoms with Crippen LogP contribution in [0.1, 0.15) is 102 Å². The Labute approximate surface area is 200 Å². The van der Waals surface area contributed by atoms with Crippen LogP contribution in [0.25, 0.3) is 0 Å². The maximum Gasteiger partial charge on any atom is 0.387 e. The van der Waals surface area contributed by atoms with Gasteiger partial charge < -0.3 is 4.74 Å². The van der Waals surface area contributed by atoms with Gasteiger partial charge in [0.1, 0.15) is 5.75 Å². The molecular weight excluding hydrogens is 414 g/mol. The van der Waals surface area contributed by atoms with Gasteiger partial charge in [-0.25, -0.2) is 0 Å². The van der Waals surface area contributed by atoms with E-state index in [0.29, 0.717) is 5.92 Å². The van der Waals surface area contributed by atoms with Crippen LogP contribution in [-0.4, -0.2) is 6.61 Å². The summed E-state index contributed by atoms with van der Waals surface area (Å²) in [6.07, 6.45) is 24.0. The van der Waals surface area contributed by atoms with Gasteiger partial charge in [-0.15, -0.1) is 0 Å². The minimum absolute atomic E-state index is 0.165. The minimum atomic E-state index is -2.79. The molecule has 1 aromatic rings. The summed E-state index contributed by atoms with van der Waals surface area (Å²) >= 11 is 0. The Morgan fingerprint density at radius 2 is 1.42 bits per heavy atom. The van der Waals surface area contributed by atoms with Gasteiger partial charge in [0.05, 0.1) is 0 Å². The van der Waals surface area contributed by atoms with Crippen LogP contribution in [0.4, 0.5) is 8.78 Å². The fraction of sp³-hybridized carbons (Fsp3) is 0.667. The summed E-state index contributed by atoms with van der Waals surface area (Å²) < 4.78 is 28.8. The molecule has 3 rings (SSSR count). The van der Waals surface area contributed by atoms with Gasteiger partial charge in [-0.3, -0.25) is 0 Å². The first-order chi connectivity index (χ1) is 16.1. The second kappa shape index (κ2) is 14.4. The van der Waals surface area contributed by atoms with Gasteiger partial charge in [0, 0.05) is 5.56 Å². The smallest absolute Gasteiger partial charge is 0.387 e. The van der Waals surface area contributed by atoms with E-state index in [1.807, 2.05) is 6.08 Å². The predicted molar refractivity (Wildman–Crippen MR) is 133 cm³/mol. The van der Waals surface area contributed by atoms with Gasteiger partial charge in [-0.05, 0) is 79.7 Å². The number of ether oxygens (including phenoxy) is 1. The van der Waals surface area contributed by atoms with Crippen molar-refractivity contribution in [1.82, 2.24) is 0 Å². The molecule has 0 aromatic heterocycles. The quantitative estimate of drug-likeness (QED) is 0.252. The molecule has 1 nitrogen and oxygen atoms in total. The predicted octanol–water partition coefficient (Wildman–Crippen LogP) is 9.17. The molecule has 33 heavy (non-hydrogen) atoms. The zero-order valence-corrected chi connectivity index (χ0v) is 20.4. The fourth-order valence-corrected chi connectivity index (χ4v) is 5.66. The van der Waals surface area contributed by atoms with E-state index in [1.165, 1.54) is 102 Å². The van der Waals surface area contributed by atoms with E-state index in [4.69, 9.17) is 0 Å². The number of hydrogen-bond acceptors (Lipinski definition) is 1. The summed E-state index contributed by atoms with van der Waals surface area (Å²) in [4.78, 5) is 0. The van der Waals surface area contributed by atoms with E-state index < -0.39 is 6.61 Å². The number of hydrogen-bond donors (Lipinski definition) is 0. The third-order valence-corrected chi connectivity index (χ3v) is 7.80. The molecule has 0 saturated heterocycles. The van der Waals surface area contributed by atoms with Gasteiger partial charge in [0.25, 0.3) is 0 Å². The van der Waals surface area contributed by atoms with Crippen molar-refractivity contribution in [2.24, 2.45) is 23.7 Å². The summed E-state index contributed by atoms with van der Waals surface area (Å²) in [6.45, 7) is -0.490. The van der Waals surface area contributed by atoms with Crippen molar-refractivity contribution in [1.29, 1.82) is 0 Å². The molecule has 2 aliphatic rings. The van der Waals surface area contributed by atoms with Crippen LogP contribution in [0.2, 0.25) is 0 Å². The first kappa shape index (κ1) is 25.8. The van der Waals surface area contributed by atoms with E-state index in [9.17, 15) is 8.78 Å². The highest BCUT2D eigenvalue weighted by Crippen LogP contribution is 2.38. The highest BCUT2D eigenvalue weighted by Gasteiger charge is 2.24. The van der Waals surface area contributed by atoms with Crippen molar-refractivity contribution in [3.63, 3.8) is 0 Å². The summed E-state index contributed by atoms with van der Waals surface area (Å²) in [6, 6.07) is 6.48. The lowest BCUT2D eigenvalue weighted by atomic mass is 9.75. The van der Waals surface area contributed by atoms with E-state index in [2.05, 4.69) is 29.6 Å². The molecule has 0 atom stereocenters. The van der Waals surface area contributed by atoms with Crippen molar-refractivity contribution in [3.05, 3.63) is 42.0 Å². The molecule has 0 unspecified atom stereocenters. The molecule has 1 aromatic carbocycles. The van der Waals surface area contributed by atoms with Crippen molar-refractivity contribution in [2.45, 2.75) is 103 Å². The lowest BCUT2D eigenvalue weighted by molar-refractivity contribution is -0.0498. The van der Waals surface area contributed by atoms with E-state index in [-0.39, 0.29) is 5.75 Å². The second-order valence-electron chi connectivity index (χ2n) is 10.3. The average molecular weight is 457 g/mol. The van der Waals surface area contributed by atoms with Crippen molar-refractivity contribution < 1.29 is 13.5 Å². The molecule has 2 fully saturated rings. The molecular formula is C30H42F2O. The second-order valence-corrected chi connectivity index (χ2v) is 10.3. The molecule has 182 valence electrons. The van der Waals surface area contributed by atoms with Crippen LogP contribution in [0.3, 0.4) is 0 Å². The van der Waals surface area contributed by atoms with E-state index >= 15 is 0 Å². The SMILES string of the molecule is CCCCCC1CCC(CCC2CCC(C=CC#Cc3ccc(OC(F)F)cc3)CC2)CC1. The van der Waals surface area contributed by atoms with Gasteiger partial charge in [-0.2, -0.15) is 8.78 Å². The maximum atomic E-state index is 12.2. The lowest BCUT2D eigenvalue weighted by Gasteiger charge is -2.31. The Balaban J connectivity index is 1.28. The van der Waals surface area contributed by atoms with Gasteiger partial charge in [-0.1, -0.05) is 89.0 Å². The number of rotatable bonds is 10. The standard InChI is InChI=1S/C30H42F2O/c1-2-3-4-7-24-10-14-27(15-11-24)18-19-28-16-12-25(13-17-28)8-5-6-9-26-20-22-29(23-21-26)33-30(31)32/h5,8,20-25,27-28,30H,2-4,7,10-19H2,1H3. The molecule has 0 amide bonds. The van der Waals surface area contributed by atoms with Crippen LogP contribution >= 0.6 is 0 Å². The molecule has 0 aliphatic heterocycles. The Morgan fingerprint density at radius 1 is 0.848 bits per heavy atom. The molecule has 2 aliphatic carbocycles. The van der Waals surface area contributed by atoms with Crippen LogP contribution in [-0.2, 0) is 0 Å². The molecule has 0 radical (unpaired) electrons. The summed E-state index contributed by atoms with van der Waals surface area (Å²) in [5.41, 5.74) is 0.806. The number of unbranched alkanes of at least 4 members (excludes halogenated alkanes) is 2. The molecule has 3 heteroatoms. The Bertz CT molecular complexity index is 742. The zero-order valence-electron chi connectivity index (χ0n) is 20.4. The van der Waals surface area contributed by atoms with Crippen LogP contribution in [0.15, 0.2) is 36.4 Å². The van der Waals surface area contributed by atoms with Crippen molar-refractivity contribution in [3.8, 4) is 17.6 Å². The summed E-state index contributed by atoms with van der Waals surface area (Å²) in [5.74, 6) is 9.92. The topological polar surface area (TPSA) is 9.23 Å². The Hall–Kier alpha value is -1.82. The van der Waals surface area contributed by atoms with Crippen molar-refractivity contribution in [2.75, 3.05) is 0 Å². The Morgan fingerprint density at radius 3 is 2.00 bits per heavy atom. The first-order valence-electron chi connectivity index (χ1n) is 13.4. The highest BCUT2D eigenvalue weighted by atomic mass is 19.3. The van der Waals surface area contributed by atoms with Crippen LogP contribution in [0, 0.1) is 35.5 Å². The largest absolute Gasteiger partial charge is 0.435 e. The maximum absolute atomic E-state index is 12.2. The molecule has 0 N–H and O–H groups in total. The molecule has 0 spiro atoms. The van der Waals surface area contributed by atoms with E-state index in [0.717, 1.165) is 23.3 Å². The lowest BCUT2D eigenvalue weighted by Crippen LogP contribution is -2.17. The first-order valence-corrected chi connectivity index (χ1v) is 13.4. The van der Waals surface area contributed by atoms with E-state index in [1.54, 1.807) is 12.1 Å². The highest BCUT2D eigenvalue weighted by molar-refractivity contribution is 5.40. The van der Waals surface area contributed by atoms with Gasteiger partial charge >= 0.3 is 6.61 Å². The van der Waals surface area contributed by atoms with Gasteiger partial charge in [0.2, 0.25) is 0 Å². The zero-order chi connectivity index (χ0) is 23.3. The van der Waals surface area contributed by atoms with Crippen LogP contribution < -0.4 is 4.74 Å². The number of allylic oxidation sites excluding steroid dienone is 2. The third kappa shape index (κ3) is 9.91. The number of halogens is 2. The summed E-state index contributed by atoms with van der Waals surface area (Å²) in [7, 11) is 0. The van der Waals surface area contributed by atoms with Gasteiger partial charge in [0.15, 0.2) is 0 Å².